The van der Waals surface area contributed by atoms with Crippen molar-refractivity contribution >= 4 is 5.97 Å². The molecular weight excluding hydrogens is 156 g/mol. The molecule has 0 aliphatic heterocycles. The number of aliphatic carboxylic acids is 1. The Labute approximate surface area is 71.0 Å². The summed E-state index contributed by atoms with van der Waals surface area (Å²) in [6.07, 6.45) is 3.40. The van der Waals surface area contributed by atoms with E-state index in [0.717, 1.165) is 6.42 Å². The van der Waals surface area contributed by atoms with E-state index in [0.29, 0.717) is 12.8 Å². The highest BCUT2D eigenvalue weighted by molar-refractivity contribution is 5.87. The zero-order valence-corrected chi connectivity index (χ0v) is 6.79. The normalized spacial score (nSPS) is 23.8. The van der Waals surface area contributed by atoms with Crippen LogP contribution in [0.5, 0.6) is 0 Å². The summed E-state index contributed by atoms with van der Waals surface area (Å²) >= 11 is 0. The van der Waals surface area contributed by atoms with Gasteiger partial charge in [0.2, 0.25) is 0 Å². The van der Waals surface area contributed by atoms with Gasteiger partial charge in [-0.25, -0.2) is 4.79 Å². The van der Waals surface area contributed by atoms with Gasteiger partial charge < -0.3 is 10.2 Å². The molecule has 2 N–H and O–H groups in total. The van der Waals surface area contributed by atoms with Gasteiger partial charge in [-0.2, -0.15) is 0 Å². The van der Waals surface area contributed by atoms with Crippen molar-refractivity contribution < 1.29 is 15.0 Å². The van der Waals surface area contributed by atoms with Gasteiger partial charge in [-0.3, -0.25) is 0 Å². The van der Waals surface area contributed by atoms with Gasteiger partial charge in [0.15, 0.2) is 0 Å². The molecule has 0 saturated carbocycles. The van der Waals surface area contributed by atoms with E-state index >= 15 is 0 Å². The van der Waals surface area contributed by atoms with Gasteiger partial charge in [-0.15, -0.1) is 6.58 Å². The number of allylic oxidation sites excluding steroid dienone is 2. The summed E-state index contributed by atoms with van der Waals surface area (Å²) in [5.41, 5.74) is 0.160. The number of carbonyl (C=O) groups is 1. The molecule has 66 valence electrons. The van der Waals surface area contributed by atoms with Crippen LogP contribution in [-0.4, -0.2) is 16.2 Å². The lowest BCUT2D eigenvalue weighted by atomic mass is 9.88. The van der Waals surface area contributed by atoms with Crippen LogP contribution in [0.4, 0.5) is 0 Å². The first-order chi connectivity index (χ1) is 5.65. The van der Waals surface area contributed by atoms with Gasteiger partial charge in [-0.1, -0.05) is 6.08 Å². The second-order valence-corrected chi connectivity index (χ2v) is 2.97. The lowest BCUT2D eigenvalue weighted by Gasteiger charge is -2.19. The second kappa shape index (κ2) is 3.43. The molecule has 3 nitrogen and oxygen atoms in total. The van der Waals surface area contributed by atoms with Gasteiger partial charge in [0, 0.05) is 6.42 Å². The number of aliphatic hydroxyl groups excluding tert-OH is 1. The van der Waals surface area contributed by atoms with Crippen LogP contribution in [0.25, 0.3) is 0 Å². The van der Waals surface area contributed by atoms with Crippen LogP contribution >= 0.6 is 0 Å². The van der Waals surface area contributed by atoms with Crippen molar-refractivity contribution in [1.29, 1.82) is 0 Å². The highest BCUT2D eigenvalue weighted by Crippen LogP contribution is 2.28. The van der Waals surface area contributed by atoms with Crippen molar-refractivity contribution in [3.63, 3.8) is 0 Å². The fourth-order valence-corrected chi connectivity index (χ4v) is 1.38. The van der Waals surface area contributed by atoms with Crippen LogP contribution in [0.1, 0.15) is 19.3 Å². The SMILES string of the molecule is C=C[C@@H]1CCC(C(=O)O)=C(O)C1. The first-order valence-electron chi connectivity index (χ1n) is 3.92. The number of hydrogen-bond acceptors (Lipinski definition) is 2. The molecule has 0 heterocycles. The summed E-state index contributed by atoms with van der Waals surface area (Å²) in [4.78, 5) is 10.5. The predicted octanol–water partition coefficient (Wildman–Crippen LogP) is 1.87. The van der Waals surface area contributed by atoms with Gasteiger partial charge in [0.25, 0.3) is 0 Å². The molecule has 0 aromatic carbocycles. The zero-order chi connectivity index (χ0) is 9.14. The van der Waals surface area contributed by atoms with E-state index in [-0.39, 0.29) is 17.3 Å². The summed E-state index contributed by atoms with van der Waals surface area (Å²) in [5, 5.41) is 17.9. The lowest BCUT2D eigenvalue weighted by molar-refractivity contribution is -0.133. The molecule has 0 bridgehead atoms. The minimum atomic E-state index is -1.00. The predicted molar refractivity (Wildman–Crippen MR) is 44.8 cm³/mol. The quantitative estimate of drug-likeness (QED) is 0.619. The Morgan fingerprint density at radius 3 is 2.75 bits per heavy atom. The molecule has 1 rings (SSSR count). The smallest absolute Gasteiger partial charge is 0.334 e. The molecule has 1 aliphatic rings. The number of hydrogen-bond donors (Lipinski definition) is 2. The molecule has 0 aromatic heterocycles. The number of carboxylic acids is 1. The Hall–Kier alpha value is -1.25. The summed E-state index contributed by atoms with van der Waals surface area (Å²) in [5.74, 6) is -0.762. The second-order valence-electron chi connectivity index (χ2n) is 2.97. The van der Waals surface area contributed by atoms with E-state index in [4.69, 9.17) is 5.11 Å². The van der Waals surface area contributed by atoms with Gasteiger partial charge in [0.05, 0.1) is 5.57 Å². The third-order valence-corrected chi connectivity index (χ3v) is 2.16. The molecule has 0 radical (unpaired) electrons. The third-order valence-electron chi connectivity index (χ3n) is 2.16. The summed E-state index contributed by atoms with van der Waals surface area (Å²) in [7, 11) is 0. The topological polar surface area (TPSA) is 57.5 Å². The molecule has 0 spiro atoms. The van der Waals surface area contributed by atoms with Crippen LogP contribution in [0.3, 0.4) is 0 Å². The first-order valence-corrected chi connectivity index (χ1v) is 3.92. The summed E-state index contributed by atoms with van der Waals surface area (Å²) in [6, 6.07) is 0. The third kappa shape index (κ3) is 1.67. The van der Waals surface area contributed by atoms with E-state index in [1.165, 1.54) is 0 Å². The van der Waals surface area contributed by atoms with Gasteiger partial charge >= 0.3 is 5.97 Å². The van der Waals surface area contributed by atoms with E-state index in [1.54, 1.807) is 6.08 Å². The van der Waals surface area contributed by atoms with Crippen LogP contribution in [-0.2, 0) is 4.79 Å². The average Bonchev–Trinajstić information content (AvgIpc) is 2.03. The van der Waals surface area contributed by atoms with Crippen molar-refractivity contribution in [2.75, 3.05) is 0 Å². The van der Waals surface area contributed by atoms with Crippen molar-refractivity contribution in [1.82, 2.24) is 0 Å². The monoisotopic (exact) mass is 168 g/mol. The maximum atomic E-state index is 10.5. The molecule has 0 amide bonds. The average molecular weight is 168 g/mol. The molecule has 1 aliphatic carbocycles. The highest BCUT2D eigenvalue weighted by Gasteiger charge is 2.22. The van der Waals surface area contributed by atoms with Crippen molar-refractivity contribution in [2.24, 2.45) is 5.92 Å². The zero-order valence-electron chi connectivity index (χ0n) is 6.79. The molecule has 0 aromatic rings. The largest absolute Gasteiger partial charge is 0.512 e. The van der Waals surface area contributed by atoms with E-state index in [1.807, 2.05) is 0 Å². The molecule has 0 unspecified atom stereocenters. The standard InChI is InChI=1S/C9H12O3/c1-2-6-3-4-7(9(11)12)8(10)5-6/h2,6,10H,1,3-5H2,(H,11,12)/t6-/m1/s1. The van der Waals surface area contributed by atoms with Crippen molar-refractivity contribution in [2.45, 2.75) is 19.3 Å². The summed E-state index contributed by atoms with van der Waals surface area (Å²) in [6.45, 7) is 3.61. The van der Waals surface area contributed by atoms with Crippen molar-refractivity contribution in [3.05, 3.63) is 24.0 Å². The number of rotatable bonds is 2. The minimum absolute atomic E-state index is 0.0126. The molecule has 12 heavy (non-hydrogen) atoms. The van der Waals surface area contributed by atoms with Crippen LogP contribution in [0.15, 0.2) is 24.0 Å². The lowest BCUT2D eigenvalue weighted by Crippen LogP contribution is -2.14. The molecule has 0 saturated heterocycles. The fraction of sp³-hybridized carbons (Fsp3) is 0.444. The Balaban J connectivity index is 2.77. The van der Waals surface area contributed by atoms with Gasteiger partial charge in [-0.05, 0) is 18.8 Å². The fourth-order valence-electron chi connectivity index (χ4n) is 1.38. The van der Waals surface area contributed by atoms with Gasteiger partial charge in [0.1, 0.15) is 5.76 Å². The van der Waals surface area contributed by atoms with E-state index in [9.17, 15) is 9.90 Å². The Bertz CT molecular complexity index is 240. The molecule has 0 fully saturated rings. The maximum Gasteiger partial charge on any atom is 0.334 e. The Morgan fingerprint density at radius 2 is 2.33 bits per heavy atom. The number of carboxylic acid groups (broad SMARTS) is 1. The summed E-state index contributed by atoms with van der Waals surface area (Å²) < 4.78 is 0. The van der Waals surface area contributed by atoms with E-state index < -0.39 is 5.97 Å². The minimum Gasteiger partial charge on any atom is -0.512 e. The molecule has 3 heteroatoms. The van der Waals surface area contributed by atoms with E-state index in [2.05, 4.69) is 6.58 Å². The first kappa shape index (κ1) is 8.84. The van der Waals surface area contributed by atoms with Crippen LogP contribution in [0, 0.1) is 5.92 Å². The Kier molecular flexibility index (Phi) is 2.53. The van der Waals surface area contributed by atoms with Crippen LogP contribution < -0.4 is 0 Å². The molecular formula is C9H12O3. The van der Waals surface area contributed by atoms with Crippen molar-refractivity contribution in [3.8, 4) is 0 Å². The molecule has 1 atom stereocenters. The number of aliphatic hydroxyl groups is 1. The van der Waals surface area contributed by atoms with Crippen LogP contribution in [0.2, 0.25) is 0 Å². The maximum absolute atomic E-state index is 10.5. The Morgan fingerprint density at radius 1 is 1.67 bits per heavy atom. The highest BCUT2D eigenvalue weighted by atomic mass is 16.4.